The molecule has 0 radical (unpaired) electrons. The fourth-order valence-electron chi connectivity index (χ4n) is 2.02. The van der Waals surface area contributed by atoms with E-state index in [4.69, 9.17) is 11.8 Å². The lowest BCUT2D eigenvalue weighted by Gasteiger charge is -2.13. The summed E-state index contributed by atoms with van der Waals surface area (Å²) >= 11 is 0. The lowest BCUT2D eigenvalue weighted by Crippen LogP contribution is -2.11. The van der Waals surface area contributed by atoms with Gasteiger partial charge in [-0.2, -0.15) is 16.8 Å². The minimum atomic E-state index is 0.575. The molecule has 2 rings (SSSR count). The average Bonchev–Trinajstić information content (AvgIpc) is 2.50. The molecule has 0 spiro atoms. The molecular formula is C17H12N4. The minimum absolute atomic E-state index is 0.575. The Bertz CT molecular complexity index is 776. The molecule has 4 heteroatoms. The van der Waals surface area contributed by atoms with Gasteiger partial charge in [0.15, 0.2) is 5.71 Å². The molecule has 21 heavy (non-hydrogen) atoms. The summed E-state index contributed by atoms with van der Waals surface area (Å²) in [7, 11) is 0. The number of nitriles is 1. The minimum Gasteiger partial charge on any atom is -0.181 e. The van der Waals surface area contributed by atoms with Gasteiger partial charge in [0.05, 0.1) is 10.8 Å². The predicted octanol–water partition coefficient (Wildman–Crippen LogP) is 3.87. The highest BCUT2D eigenvalue weighted by molar-refractivity contribution is 6.38. The van der Waals surface area contributed by atoms with E-state index in [-0.39, 0.29) is 0 Å². The first kappa shape index (κ1) is 14.2. The SMILES string of the molecule is [C-]#[N+]/N=C1C=C(C)/C(=N/C#N)C=C\1c1ccc(C=C)cc1. The second-order valence-electron chi connectivity index (χ2n) is 4.39. The van der Waals surface area contributed by atoms with E-state index in [9.17, 15) is 0 Å². The van der Waals surface area contributed by atoms with Crippen molar-refractivity contribution in [3.8, 4) is 6.19 Å². The van der Waals surface area contributed by atoms with Crippen molar-refractivity contribution in [3.05, 3.63) is 71.2 Å². The Morgan fingerprint density at radius 2 is 1.95 bits per heavy atom. The molecule has 0 amide bonds. The summed E-state index contributed by atoms with van der Waals surface area (Å²) in [6.07, 6.45) is 7.11. The van der Waals surface area contributed by atoms with Gasteiger partial charge in [-0.05, 0) is 35.8 Å². The zero-order chi connectivity index (χ0) is 15.2. The zero-order valence-corrected chi connectivity index (χ0v) is 11.5. The van der Waals surface area contributed by atoms with E-state index in [1.807, 2.05) is 31.2 Å². The van der Waals surface area contributed by atoms with Crippen LogP contribution in [0.3, 0.4) is 0 Å². The topological polar surface area (TPSA) is 52.9 Å². The van der Waals surface area contributed by atoms with E-state index < -0.39 is 0 Å². The Kier molecular flexibility index (Phi) is 4.23. The van der Waals surface area contributed by atoms with Crippen LogP contribution in [0.15, 0.2) is 58.7 Å². The quantitative estimate of drug-likeness (QED) is 0.349. The standard InChI is InChI=1S/C17H12N4/c1-4-13-5-7-14(8-6-13)15-10-16(20-11-18)12(2)9-17(15)21-19-3/h4-10H,1H2,2H3/b20-16+,21-17+. The Morgan fingerprint density at radius 3 is 2.52 bits per heavy atom. The van der Waals surface area contributed by atoms with Crippen LogP contribution < -0.4 is 0 Å². The number of rotatable bonds is 2. The summed E-state index contributed by atoms with van der Waals surface area (Å²) in [5, 5.41) is 12.6. The van der Waals surface area contributed by atoms with Gasteiger partial charge in [-0.15, -0.1) is 4.95 Å². The molecule has 0 saturated carbocycles. The van der Waals surface area contributed by atoms with Gasteiger partial charge in [0.25, 0.3) is 0 Å². The number of hydrogen-bond acceptors (Lipinski definition) is 3. The van der Waals surface area contributed by atoms with Gasteiger partial charge in [0, 0.05) is 5.57 Å². The molecule has 1 aromatic carbocycles. The summed E-state index contributed by atoms with van der Waals surface area (Å²) in [4.78, 5) is 6.90. The molecule has 0 aromatic heterocycles. The Hall–Kier alpha value is -3.24. The molecule has 0 atom stereocenters. The van der Waals surface area contributed by atoms with Crippen molar-refractivity contribution in [1.29, 1.82) is 5.26 Å². The number of benzene rings is 1. The van der Waals surface area contributed by atoms with Crippen LogP contribution in [0.2, 0.25) is 0 Å². The Balaban J connectivity index is 2.56. The van der Waals surface area contributed by atoms with Gasteiger partial charge < -0.3 is 0 Å². The van der Waals surface area contributed by atoms with Gasteiger partial charge in [-0.25, -0.2) is 0 Å². The number of allylic oxidation sites excluding steroid dienone is 4. The maximum absolute atomic E-state index is 8.75. The summed E-state index contributed by atoms with van der Waals surface area (Å²) in [5.74, 6) is 0. The third-order valence-electron chi connectivity index (χ3n) is 3.10. The molecule has 100 valence electrons. The highest BCUT2D eigenvalue weighted by Gasteiger charge is 2.18. The predicted molar refractivity (Wildman–Crippen MR) is 85.4 cm³/mol. The fourth-order valence-corrected chi connectivity index (χ4v) is 2.02. The Morgan fingerprint density at radius 1 is 1.24 bits per heavy atom. The zero-order valence-electron chi connectivity index (χ0n) is 11.5. The van der Waals surface area contributed by atoms with Gasteiger partial charge in [-0.3, -0.25) is 0 Å². The van der Waals surface area contributed by atoms with Crippen LogP contribution in [-0.4, -0.2) is 11.4 Å². The second-order valence-corrected chi connectivity index (χ2v) is 4.39. The molecule has 0 N–H and O–H groups in total. The van der Waals surface area contributed by atoms with Crippen molar-refractivity contribution in [2.24, 2.45) is 10.1 Å². The summed E-state index contributed by atoms with van der Waals surface area (Å²) in [6.45, 7) is 12.5. The number of nitrogens with zero attached hydrogens (tertiary/aromatic N) is 4. The smallest absolute Gasteiger partial charge is 0.181 e. The molecule has 0 saturated heterocycles. The maximum atomic E-state index is 8.75. The van der Waals surface area contributed by atoms with Crippen molar-refractivity contribution in [2.45, 2.75) is 6.92 Å². The lowest BCUT2D eigenvalue weighted by molar-refractivity contribution is 1.42. The molecule has 0 aliphatic heterocycles. The second kappa shape index (κ2) is 6.27. The van der Waals surface area contributed by atoms with Crippen LogP contribution in [0.1, 0.15) is 18.1 Å². The van der Waals surface area contributed by atoms with E-state index in [2.05, 4.69) is 21.6 Å². The number of aliphatic imine (C=N–C) groups is 1. The molecule has 1 aromatic rings. The molecular weight excluding hydrogens is 260 g/mol. The molecule has 0 fully saturated rings. The molecule has 0 bridgehead atoms. The van der Waals surface area contributed by atoms with E-state index in [0.717, 1.165) is 22.3 Å². The van der Waals surface area contributed by atoms with Crippen LogP contribution in [0, 0.1) is 18.0 Å². The van der Waals surface area contributed by atoms with Crippen LogP contribution in [0.4, 0.5) is 0 Å². The van der Waals surface area contributed by atoms with Crippen molar-refractivity contribution < 1.29 is 0 Å². The Labute approximate surface area is 123 Å². The van der Waals surface area contributed by atoms with Gasteiger partial charge >= 0.3 is 0 Å². The molecule has 4 nitrogen and oxygen atoms in total. The molecule has 0 heterocycles. The van der Waals surface area contributed by atoms with E-state index >= 15 is 0 Å². The van der Waals surface area contributed by atoms with E-state index in [0.29, 0.717) is 11.4 Å². The lowest BCUT2D eigenvalue weighted by atomic mass is 9.91. The van der Waals surface area contributed by atoms with Gasteiger partial charge in [0.2, 0.25) is 6.19 Å². The van der Waals surface area contributed by atoms with Gasteiger partial charge in [-0.1, -0.05) is 36.9 Å². The summed E-state index contributed by atoms with van der Waals surface area (Å²) < 4.78 is 0. The van der Waals surface area contributed by atoms with E-state index in [1.54, 1.807) is 24.4 Å². The van der Waals surface area contributed by atoms with Gasteiger partial charge in [0.1, 0.15) is 0 Å². The first-order valence-corrected chi connectivity index (χ1v) is 6.24. The van der Waals surface area contributed by atoms with Crippen LogP contribution in [0.5, 0.6) is 0 Å². The van der Waals surface area contributed by atoms with Crippen LogP contribution in [-0.2, 0) is 0 Å². The van der Waals surface area contributed by atoms with Crippen molar-refractivity contribution >= 4 is 23.1 Å². The average molecular weight is 272 g/mol. The summed E-state index contributed by atoms with van der Waals surface area (Å²) in [5.41, 5.74) is 4.68. The first-order valence-electron chi connectivity index (χ1n) is 6.24. The molecule has 0 unspecified atom stereocenters. The first-order chi connectivity index (χ1) is 10.2. The monoisotopic (exact) mass is 272 g/mol. The largest absolute Gasteiger partial charge is 0.206 e. The molecule has 1 aliphatic carbocycles. The number of hydrogen-bond donors (Lipinski definition) is 0. The maximum Gasteiger partial charge on any atom is 0.206 e. The van der Waals surface area contributed by atoms with Crippen LogP contribution >= 0.6 is 0 Å². The normalized spacial score (nSPS) is 17.7. The van der Waals surface area contributed by atoms with E-state index in [1.165, 1.54) is 0 Å². The summed E-state index contributed by atoms with van der Waals surface area (Å²) in [6, 6.07) is 7.73. The molecule has 1 aliphatic rings. The highest BCUT2D eigenvalue weighted by atomic mass is 15.2. The van der Waals surface area contributed by atoms with Crippen LogP contribution in [0.25, 0.3) is 16.6 Å². The van der Waals surface area contributed by atoms with Crippen molar-refractivity contribution in [1.82, 2.24) is 0 Å². The third-order valence-corrected chi connectivity index (χ3v) is 3.10. The fraction of sp³-hybridized carbons (Fsp3) is 0.0588. The van der Waals surface area contributed by atoms with Crippen molar-refractivity contribution in [2.75, 3.05) is 0 Å². The van der Waals surface area contributed by atoms with Crippen molar-refractivity contribution in [3.63, 3.8) is 0 Å². The third kappa shape index (κ3) is 3.02. The highest BCUT2D eigenvalue weighted by Crippen LogP contribution is 2.24.